The minimum Gasteiger partial charge on any atom is -0.497 e. The lowest BCUT2D eigenvalue weighted by molar-refractivity contribution is -0.124. The van der Waals surface area contributed by atoms with Crippen LogP contribution in [0.2, 0.25) is 0 Å². The molecule has 7 heteroatoms. The number of amides is 1. The van der Waals surface area contributed by atoms with Gasteiger partial charge in [-0.3, -0.25) is 4.79 Å². The number of ether oxygens (including phenoxy) is 1. The maximum atomic E-state index is 12.3. The van der Waals surface area contributed by atoms with E-state index in [9.17, 15) is 4.79 Å². The number of likely N-dealkylation sites (N-methyl/N-ethyl adjacent to an activating group) is 1. The predicted octanol–water partition coefficient (Wildman–Crippen LogP) is 1.27. The van der Waals surface area contributed by atoms with Gasteiger partial charge in [0, 0.05) is 6.54 Å². The van der Waals surface area contributed by atoms with E-state index in [2.05, 4.69) is 20.3 Å². The van der Waals surface area contributed by atoms with Gasteiger partial charge in [0.2, 0.25) is 5.91 Å². The molecule has 0 saturated heterocycles. The molecule has 0 saturated carbocycles. The van der Waals surface area contributed by atoms with Crippen LogP contribution in [0, 0.1) is 0 Å². The van der Waals surface area contributed by atoms with Crippen molar-refractivity contribution in [2.45, 2.75) is 19.0 Å². The average Bonchev–Trinajstić information content (AvgIpc) is 3.08. The van der Waals surface area contributed by atoms with E-state index in [1.54, 1.807) is 14.0 Å². The predicted molar refractivity (Wildman–Crippen MR) is 87.2 cm³/mol. The number of carbonyl (C=O) groups is 1. The Morgan fingerprint density at radius 2 is 2.22 bits per heavy atom. The van der Waals surface area contributed by atoms with Crippen LogP contribution in [0.1, 0.15) is 24.6 Å². The number of nitrogens with one attached hydrogen (secondary N) is 1. The molecule has 1 aromatic heterocycles. The molecular weight excluding hydrogens is 294 g/mol. The highest BCUT2D eigenvalue weighted by Crippen LogP contribution is 2.22. The first-order valence-corrected chi connectivity index (χ1v) is 7.45. The Hall–Kier alpha value is -2.41. The summed E-state index contributed by atoms with van der Waals surface area (Å²) in [7, 11) is 5.61. The van der Waals surface area contributed by atoms with E-state index in [1.165, 1.54) is 17.3 Å². The van der Waals surface area contributed by atoms with Crippen molar-refractivity contribution < 1.29 is 9.53 Å². The number of nitrogens with zero attached hydrogens (tertiary/aromatic N) is 4. The number of rotatable bonds is 7. The van der Waals surface area contributed by atoms with Crippen LogP contribution in [0.5, 0.6) is 5.75 Å². The molecular formula is C16H23N5O2. The number of hydrogen-bond donors (Lipinski definition) is 1. The Labute approximate surface area is 136 Å². The second kappa shape index (κ2) is 7.73. The van der Waals surface area contributed by atoms with Crippen molar-refractivity contribution >= 4 is 5.91 Å². The van der Waals surface area contributed by atoms with Crippen molar-refractivity contribution in [2.75, 3.05) is 27.7 Å². The Morgan fingerprint density at radius 1 is 1.43 bits per heavy atom. The van der Waals surface area contributed by atoms with Crippen LogP contribution in [0.3, 0.4) is 0 Å². The van der Waals surface area contributed by atoms with Crippen molar-refractivity contribution in [3.05, 3.63) is 42.5 Å². The molecule has 2 aromatic rings. The van der Waals surface area contributed by atoms with E-state index < -0.39 is 6.04 Å². The third kappa shape index (κ3) is 4.29. The molecule has 0 bridgehead atoms. The maximum Gasteiger partial charge on any atom is 0.244 e. The summed E-state index contributed by atoms with van der Waals surface area (Å²) in [6.45, 7) is 2.29. The average molecular weight is 317 g/mol. The molecule has 1 aromatic carbocycles. The van der Waals surface area contributed by atoms with Crippen LogP contribution in [-0.2, 0) is 4.79 Å². The molecule has 0 fully saturated rings. The van der Waals surface area contributed by atoms with Gasteiger partial charge in [0.15, 0.2) is 0 Å². The molecule has 2 rings (SSSR count). The van der Waals surface area contributed by atoms with Crippen LogP contribution in [-0.4, -0.2) is 53.3 Å². The van der Waals surface area contributed by atoms with Gasteiger partial charge in [-0.15, -0.1) is 0 Å². The Balaban J connectivity index is 2.03. The summed E-state index contributed by atoms with van der Waals surface area (Å²) in [4.78, 5) is 18.2. The van der Waals surface area contributed by atoms with Crippen LogP contribution in [0.25, 0.3) is 0 Å². The lowest BCUT2D eigenvalue weighted by atomic mass is 10.1. The van der Waals surface area contributed by atoms with Gasteiger partial charge in [-0.25, -0.2) is 9.67 Å². The quantitative estimate of drug-likeness (QED) is 0.832. The molecule has 0 aliphatic carbocycles. The first-order chi connectivity index (χ1) is 11.0. The Bertz CT molecular complexity index is 627. The van der Waals surface area contributed by atoms with E-state index in [1.807, 2.05) is 38.4 Å². The standard InChI is InChI=1S/C16H23N5O2/c1-12(21-11-17-10-19-21)16(22)18-9-15(20(2)3)13-6-5-7-14(8-13)23-4/h5-8,10-12,15H,9H2,1-4H3,(H,18,22)/t12-,15+/m0/s1. The summed E-state index contributed by atoms with van der Waals surface area (Å²) >= 11 is 0. The minimum absolute atomic E-state index is 0.0528. The molecule has 1 N–H and O–H groups in total. The zero-order chi connectivity index (χ0) is 16.8. The maximum absolute atomic E-state index is 12.3. The number of hydrogen-bond acceptors (Lipinski definition) is 5. The fourth-order valence-corrected chi connectivity index (χ4v) is 2.33. The second-order valence-corrected chi connectivity index (χ2v) is 5.55. The molecule has 0 aliphatic rings. The third-order valence-corrected chi connectivity index (χ3v) is 3.78. The molecule has 7 nitrogen and oxygen atoms in total. The van der Waals surface area contributed by atoms with E-state index in [4.69, 9.17) is 4.74 Å². The SMILES string of the molecule is COc1cccc([C@@H](CNC(=O)[C@H](C)n2cncn2)N(C)C)c1. The first kappa shape index (κ1) is 17.0. The lowest BCUT2D eigenvalue weighted by Gasteiger charge is -2.26. The van der Waals surface area contributed by atoms with Gasteiger partial charge in [0.05, 0.1) is 13.2 Å². The van der Waals surface area contributed by atoms with Crippen LogP contribution >= 0.6 is 0 Å². The van der Waals surface area contributed by atoms with Gasteiger partial charge in [-0.2, -0.15) is 5.10 Å². The van der Waals surface area contributed by atoms with Gasteiger partial charge >= 0.3 is 0 Å². The summed E-state index contributed by atoms with van der Waals surface area (Å²) < 4.78 is 6.81. The number of methoxy groups -OCH3 is 1. The van der Waals surface area contributed by atoms with E-state index in [0.29, 0.717) is 6.54 Å². The lowest BCUT2D eigenvalue weighted by Crippen LogP contribution is -2.37. The van der Waals surface area contributed by atoms with Gasteiger partial charge in [0.1, 0.15) is 24.4 Å². The summed E-state index contributed by atoms with van der Waals surface area (Å²) in [5, 5.41) is 6.98. The largest absolute Gasteiger partial charge is 0.497 e. The molecule has 2 atom stereocenters. The minimum atomic E-state index is -0.398. The summed E-state index contributed by atoms with van der Waals surface area (Å²) in [6, 6.07) is 7.52. The summed E-state index contributed by atoms with van der Waals surface area (Å²) in [5.74, 6) is 0.710. The summed E-state index contributed by atoms with van der Waals surface area (Å²) in [5.41, 5.74) is 1.09. The molecule has 0 unspecified atom stereocenters. The molecule has 1 heterocycles. The number of aromatic nitrogens is 3. The molecule has 0 radical (unpaired) electrons. The molecule has 1 amide bonds. The summed E-state index contributed by atoms with van der Waals surface area (Å²) in [6.07, 6.45) is 2.96. The zero-order valence-electron chi connectivity index (χ0n) is 13.9. The smallest absolute Gasteiger partial charge is 0.244 e. The van der Waals surface area contributed by atoms with Gasteiger partial charge in [-0.1, -0.05) is 12.1 Å². The normalized spacial score (nSPS) is 13.6. The third-order valence-electron chi connectivity index (χ3n) is 3.78. The zero-order valence-corrected chi connectivity index (χ0v) is 13.9. The fourth-order valence-electron chi connectivity index (χ4n) is 2.33. The van der Waals surface area contributed by atoms with Gasteiger partial charge < -0.3 is 15.0 Å². The Morgan fingerprint density at radius 3 is 2.83 bits per heavy atom. The fraction of sp³-hybridized carbons (Fsp3) is 0.438. The molecule has 124 valence electrons. The highest BCUT2D eigenvalue weighted by Gasteiger charge is 2.19. The Kier molecular flexibility index (Phi) is 5.70. The monoisotopic (exact) mass is 317 g/mol. The van der Waals surface area contributed by atoms with Gasteiger partial charge in [-0.05, 0) is 38.7 Å². The second-order valence-electron chi connectivity index (χ2n) is 5.55. The van der Waals surface area contributed by atoms with Crippen LogP contribution < -0.4 is 10.1 Å². The van der Waals surface area contributed by atoms with Crippen molar-refractivity contribution in [1.82, 2.24) is 25.0 Å². The van der Waals surface area contributed by atoms with Crippen molar-refractivity contribution in [3.8, 4) is 5.75 Å². The number of carbonyl (C=O) groups excluding carboxylic acids is 1. The highest BCUT2D eigenvalue weighted by atomic mass is 16.5. The van der Waals surface area contributed by atoms with E-state index in [-0.39, 0.29) is 11.9 Å². The van der Waals surface area contributed by atoms with Gasteiger partial charge in [0.25, 0.3) is 0 Å². The van der Waals surface area contributed by atoms with E-state index >= 15 is 0 Å². The first-order valence-electron chi connectivity index (χ1n) is 7.45. The van der Waals surface area contributed by atoms with Crippen molar-refractivity contribution in [2.24, 2.45) is 0 Å². The molecule has 23 heavy (non-hydrogen) atoms. The number of benzene rings is 1. The van der Waals surface area contributed by atoms with Crippen LogP contribution in [0.15, 0.2) is 36.9 Å². The molecule has 0 aliphatic heterocycles. The highest BCUT2D eigenvalue weighted by molar-refractivity contribution is 5.79. The molecule has 0 spiro atoms. The van der Waals surface area contributed by atoms with Crippen molar-refractivity contribution in [3.63, 3.8) is 0 Å². The van der Waals surface area contributed by atoms with Crippen molar-refractivity contribution in [1.29, 1.82) is 0 Å². The van der Waals surface area contributed by atoms with E-state index in [0.717, 1.165) is 11.3 Å². The van der Waals surface area contributed by atoms with Crippen LogP contribution in [0.4, 0.5) is 0 Å². The topological polar surface area (TPSA) is 72.3 Å².